The second-order valence-electron chi connectivity index (χ2n) is 4.02. The third-order valence-corrected chi connectivity index (χ3v) is 2.86. The van der Waals surface area contributed by atoms with E-state index in [4.69, 9.17) is 0 Å². The highest BCUT2D eigenvalue weighted by molar-refractivity contribution is 5.23. The molecule has 1 N–H and O–H groups in total. The summed E-state index contributed by atoms with van der Waals surface area (Å²) in [6.07, 6.45) is 13.6. The number of H-pyrrole nitrogens is 1. The van der Waals surface area contributed by atoms with Crippen molar-refractivity contribution in [1.82, 2.24) is 4.98 Å². The van der Waals surface area contributed by atoms with Gasteiger partial charge in [-0.05, 0) is 30.4 Å². The van der Waals surface area contributed by atoms with E-state index in [1.807, 2.05) is 0 Å². The molecule has 0 bridgehead atoms. The first kappa shape index (κ1) is 11.4. The van der Waals surface area contributed by atoms with Crippen LogP contribution in [0.1, 0.15) is 57.1 Å². The fourth-order valence-electron chi connectivity index (χ4n) is 1.91. The molecule has 1 aromatic heterocycles. The van der Waals surface area contributed by atoms with Crippen LogP contribution in [0.3, 0.4) is 0 Å². The summed E-state index contributed by atoms with van der Waals surface area (Å²) in [5.74, 6) is 0. The van der Waals surface area contributed by atoms with Gasteiger partial charge >= 0.3 is 0 Å². The van der Waals surface area contributed by atoms with Gasteiger partial charge in [-0.15, -0.1) is 0 Å². The Morgan fingerprint density at radius 2 is 1.64 bits per heavy atom. The van der Waals surface area contributed by atoms with E-state index in [1.54, 1.807) is 0 Å². The monoisotopic (exact) mass is 193 g/mol. The normalized spacial score (nSPS) is 10.7. The van der Waals surface area contributed by atoms with Crippen molar-refractivity contribution in [2.75, 3.05) is 0 Å². The molecule has 0 aliphatic rings. The van der Waals surface area contributed by atoms with Crippen molar-refractivity contribution in [2.45, 2.75) is 58.8 Å². The summed E-state index contributed by atoms with van der Waals surface area (Å²) in [6, 6.07) is 0. The molecule has 0 unspecified atom stereocenters. The zero-order chi connectivity index (χ0) is 10.2. The van der Waals surface area contributed by atoms with Crippen LogP contribution in [0.2, 0.25) is 0 Å². The first-order valence-electron chi connectivity index (χ1n) is 6.03. The van der Waals surface area contributed by atoms with Crippen LogP contribution in [0, 0.1) is 0 Å². The molecule has 1 heterocycles. The lowest BCUT2D eigenvalue weighted by molar-refractivity contribution is 0.631. The third kappa shape index (κ3) is 3.57. The Morgan fingerprint density at radius 1 is 0.929 bits per heavy atom. The first-order chi connectivity index (χ1) is 6.88. The van der Waals surface area contributed by atoms with Gasteiger partial charge in [0.1, 0.15) is 0 Å². The van der Waals surface area contributed by atoms with E-state index in [-0.39, 0.29) is 0 Å². The molecule has 0 atom stereocenters. The SMILES string of the molecule is CCCCCCCc1c[nH]cc1CC. The Balaban J connectivity index is 2.17. The average Bonchev–Trinajstić information content (AvgIpc) is 2.65. The Hall–Kier alpha value is -0.720. The summed E-state index contributed by atoms with van der Waals surface area (Å²) < 4.78 is 0. The molecule has 1 heteroatoms. The van der Waals surface area contributed by atoms with Gasteiger partial charge in [0.25, 0.3) is 0 Å². The van der Waals surface area contributed by atoms with Gasteiger partial charge in [0.2, 0.25) is 0 Å². The van der Waals surface area contributed by atoms with Crippen molar-refractivity contribution in [1.29, 1.82) is 0 Å². The molecule has 0 saturated carbocycles. The summed E-state index contributed by atoms with van der Waals surface area (Å²) in [5, 5.41) is 0. The number of aromatic nitrogens is 1. The molecule has 1 rings (SSSR count). The van der Waals surface area contributed by atoms with Crippen LogP contribution < -0.4 is 0 Å². The van der Waals surface area contributed by atoms with Gasteiger partial charge in [0, 0.05) is 12.4 Å². The molecule has 1 aromatic rings. The summed E-state index contributed by atoms with van der Waals surface area (Å²) in [5.41, 5.74) is 3.03. The van der Waals surface area contributed by atoms with Crippen molar-refractivity contribution < 1.29 is 0 Å². The fraction of sp³-hybridized carbons (Fsp3) is 0.692. The molecular weight excluding hydrogens is 170 g/mol. The lowest BCUT2D eigenvalue weighted by atomic mass is 10.0. The highest BCUT2D eigenvalue weighted by Crippen LogP contribution is 2.13. The van der Waals surface area contributed by atoms with Gasteiger partial charge in [-0.1, -0.05) is 39.5 Å². The van der Waals surface area contributed by atoms with Crippen molar-refractivity contribution >= 4 is 0 Å². The number of nitrogens with one attached hydrogen (secondary N) is 1. The maximum atomic E-state index is 3.20. The van der Waals surface area contributed by atoms with Gasteiger partial charge in [-0.25, -0.2) is 0 Å². The van der Waals surface area contributed by atoms with E-state index in [2.05, 4.69) is 31.2 Å². The summed E-state index contributed by atoms with van der Waals surface area (Å²) in [7, 11) is 0. The molecule has 0 radical (unpaired) electrons. The minimum atomic E-state index is 1.16. The molecule has 14 heavy (non-hydrogen) atoms. The van der Waals surface area contributed by atoms with E-state index in [0.717, 1.165) is 6.42 Å². The van der Waals surface area contributed by atoms with Crippen molar-refractivity contribution in [3.05, 3.63) is 23.5 Å². The van der Waals surface area contributed by atoms with Gasteiger partial charge in [0.05, 0.1) is 0 Å². The second kappa shape index (κ2) is 6.69. The Morgan fingerprint density at radius 3 is 2.36 bits per heavy atom. The van der Waals surface area contributed by atoms with E-state index in [1.165, 1.54) is 49.7 Å². The molecule has 0 fully saturated rings. The van der Waals surface area contributed by atoms with Crippen LogP contribution in [0.15, 0.2) is 12.4 Å². The number of hydrogen-bond donors (Lipinski definition) is 1. The number of aryl methyl sites for hydroxylation is 2. The topological polar surface area (TPSA) is 15.8 Å². The molecule has 0 aromatic carbocycles. The number of aromatic amines is 1. The minimum Gasteiger partial charge on any atom is -0.367 e. The summed E-state index contributed by atoms with van der Waals surface area (Å²) in [6.45, 7) is 4.49. The van der Waals surface area contributed by atoms with Gasteiger partial charge in [0.15, 0.2) is 0 Å². The molecule has 0 aliphatic carbocycles. The van der Waals surface area contributed by atoms with E-state index < -0.39 is 0 Å². The van der Waals surface area contributed by atoms with Crippen LogP contribution in [0.25, 0.3) is 0 Å². The number of unbranched alkanes of at least 4 members (excludes halogenated alkanes) is 4. The largest absolute Gasteiger partial charge is 0.367 e. The van der Waals surface area contributed by atoms with Gasteiger partial charge in [-0.3, -0.25) is 0 Å². The van der Waals surface area contributed by atoms with Crippen LogP contribution in [-0.4, -0.2) is 4.98 Å². The van der Waals surface area contributed by atoms with Crippen LogP contribution in [0.4, 0.5) is 0 Å². The first-order valence-corrected chi connectivity index (χ1v) is 6.03. The minimum absolute atomic E-state index is 1.16. The number of hydrogen-bond acceptors (Lipinski definition) is 0. The predicted octanol–water partition coefficient (Wildman–Crippen LogP) is 4.09. The second-order valence-corrected chi connectivity index (χ2v) is 4.02. The molecule has 0 spiro atoms. The molecule has 0 aliphatic heterocycles. The maximum absolute atomic E-state index is 3.20. The third-order valence-electron chi connectivity index (χ3n) is 2.86. The zero-order valence-electron chi connectivity index (χ0n) is 9.60. The van der Waals surface area contributed by atoms with Crippen LogP contribution in [-0.2, 0) is 12.8 Å². The van der Waals surface area contributed by atoms with E-state index >= 15 is 0 Å². The Bertz CT molecular complexity index is 237. The molecule has 1 nitrogen and oxygen atoms in total. The quantitative estimate of drug-likeness (QED) is 0.628. The zero-order valence-corrected chi connectivity index (χ0v) is 9.60. The van der Waals surface area contributed by atoms with Crippen LogP contribution in [0.5, 0.6) is 0 Å². The highest BCUT2D eigenvalue weighted by Gasteiger charge is 2.00. The fourth-order valence-corrected chi connectivity index (χ4v) is 1.91. The van der Waals surface area contributed by atoms with Gasteiger partial charge in [-0.2, -0.15) is 0 Å². The standard InChI is InChI=1S/C13H23N/c1-3-5-6-7-8-9-13-11-14-10-12(13)4-2/h10-11,14H,3-9H2,1-2H3. The summed E-state index contributed by atoms with van der Waals surface area (Å²) >= 11 is 0. The van der Waals surface area contributed by atoms with Crippen molar-refractivity contribution in [2.24, 2.45) is 0 Å². The Kier molecular flexibility index (Phi) is 5.43. The van der Waals surface area contributed by atoms with Crippen molar-refractivity contribution in [3.8, 4) is 0 Å². The smallest absolute Gasteiger partial charge is 0.00401 e. The molecule has 0 amide bonds. The van der Waals surface area contributed by atoms with E-state index in [0.29, 0.717) is 0 Å². The average molecular weight is 193 g/mol. The van der Waals surface area contributed by atoms with Crippen LogP contribution >= 0.6 is 0 Å². The van der Waals surface area contributed by atoms with Gasteiger partial charge < -0.3 is 4.98 Å². The Labute approximate surface area is 87.9 Å². The molecule has 0 saturated heterocycles. The molecular formula is C13H23N. The lowest BCUT2D eigenvalue weighted by Crippen LogP contribution is -1.88. The van der Waals surface area contributed by atoms with Crippen molar-refractivity contribution in [3.63, 3.8) is 0 Å². The predicted molar refractivity (Wildman–Crippen MR) is 62.6 cm³/mol. The molecule has 80 valence electrons. The maximum Gasteiger partial charge on any atom is 0.00401 e. The lowest BCUT2D eigenvalue weighted by Gasteiger charge is -2.01. The number of rotatable bonds is 7. The summed E-state index contributed by atoms with van der Waals surface area (Å²) in [4.78, 5) is 3.20. The van der Waals surface area contributed by atoms with E-state index in [9.17, 15) is 0 Å². The highest BCUT2D eigenvalue weighted by atomic mass is 14.6.